The normalized spacial score (nSPS) is 11.9. The van der Waals surface area contributed by atoms with Crippen molar-refractivity contribution in [3.05, 3.63) is 0 Å². The molecule has 0 heterocycles. The zero-order valence-electron chi connectivity index (χ0n) is 12.2. The van der Waals surface area contributed by atoms with E-state index < -0.39 is 17.9 Å². The van der Waals surface area contributed by atoms with Gasteiger partial charge in [-0.3, -0.25) is 0 Å². The van der Waals surface area contributed by atoms with Gasteiger partial charge < -0.3 is 14.6 Å². The summed E-state index contributed by atoms with van der Waals surface area (Å²) in [6, 6.07) is 0. The summed E-state index contributed by atoms with van der Waals surface area (Å²) in [7, 11) is 0. The molecule has 1 atom stereocenters. The molecule has 122 valence electrons. The Hall–Kier alpha value is -0.492. The van der Waals surface area contributed by atoms with Gasteiger partial charge in [0.15, 0.2) is 5.92 Å². The van der Waals surface area contributed by atoms with E-state index in [1.54, 1.807) is 0 Å². The minimum absolute atomic E-state index is 0. The first-order chi connectivity index (χ1) is 8.99. The largest absolute Gasteiger partial charge is 0.373 e. The van der Waals surface area contributed by atoms with Gasteiger partial charge in [-0.25, -0.2) is 9.59 Å². The predicted molar refractivity (Wildman–Crippen MR) is 70.2 cm³/mol. The Bertz CT molecular complexity index is 272. The summed E-state index contributed by atoms with van der Waals surface area (Å²) >= 11 is 0. The van der Waals surface area contributed by atoms with E-state index >= 15 is 0 Å². The van der Waals surface area contributed by atoms with Gasteiger partial charge in [0.25, 0.3) is 0 Å². The fraction of sp³-hybridized carbons (Fsp3) is 0.833. The molecule has 0 rings (SSSR count). The molecule has 0 bridgehead atoms. The van der Waals surface area contributed by atoms with Crippen LogP contribution in [0.2, 0.25) is 0 Å². The van der Waals surface area contributed by atoms with E-state index in [1.807, 2.05) is 0 Å². The molecule has 0 amide bonds. The fourth-order valence-corrected chi connectivity index (χ4v) is 1.96. The maximum Gasteiger partial charge on any atom is 0.338 e. The summed E-state index contributed by atoms with van der Waals surface area (Å²) in [6.07, 6.45) is 1.000. The van der Waals surface area contributed by atoms with Gasteiger partial charge in [0.1, 0.15) is 0 Å². The second-order valence-electron chi connectivity index (χ2n) is 4.59. The van der Waals surface area contributed by atoms with Crippen LogP contribution in [-0.4, -0.2) is 36.5 Å². The summed E-state index contributed by atoms with van der Waals surface area (Å²) < 4.78 is 0. The average Bonchev–Trinajstić information content (AvgIpc) is 2.43. The van der Waals surface area contributed by atoms with Crippen LogP contribution < -0.4 is 11.8 Å². The molecule has 0 aromatic heterocycles. The van der Waals surface area contributed by atoms with Crippen LogP contribution >= 0.6 is 0 Å². The van der Waals surface area contributed by atoms with Gasteiger partial charge >= 0.3 is 11.9 Å². The van der Waals surface area contributed by atoms with Crippen molar-refractivity contribution in [2.24, 2.45) is 23.6 Å². The molecule has 4 N–H and O–H groups in total. The molecule has 0 aliphatic heterocycles. The number of nitrogens with zero attached hydrogens (tertiary/aromatic N) is 1. The van der Waals surface area contributed by atoms with E-state index in [1.165, 1.54) is 0 Å². The van der Waals surface area contributed by atoms with Gasteiger partial charge in [-0.1, -0.05) is 20.8 Å². The van der Waals surface area contributed by atoms with Crippen LogP contribution in [0.15, 0.2) is 0 Å². The molecule has 0 aromatic carbocycles. The van der Waals surface area contributed by atoms with Gasteiger partial charge in [0.05, 0.1) is 0 Å². The Balaban J connectivity index is 0. The van der Waals surface area contributed by atoms with Crippen molar-refractivity contribution in [2.45, 2.75) is 33.6 Å². The molecular weight excluding hydrogens is 445 g/mol. The molecule has 0 aliphatic rings. The maximum atomic E-state index is 11.3. The van der Waals surface area contributed by atoms with Crippen molar-refractivity contribution in [3.63, 3.8) is 0 Å². The summed E-state index contributed by atoms with van der Waals surface area (Å²) in [6.45, 7) is 9.11. The molecule has 0 aromatic rings. The Morgan fingerprint density at radius 2 is 1.50 bits per heavy atom. The number of carbonyl (C=O) groups is 2. The van der Waals surface area contributed by atoms with Crippen LogP contribution in [0.5, 0.6) is 0 Å². The van der Waals surface area contributed by atoms with Crippen LogP contribution in [0.3, 0.4) is 0 Å². The summed E-state index contributed by atoms with van der Waals surface area (Å²) in [4.78, 5) is 33.1. The van der Waals surface area contributed by atoms with E-state index in [0.29, 0.717) is 18.8 Å². The second kappa shape index (κ2) is 12.3. The molecule has 20 heavy (non-hydrogen) atoms. The molecular formula is C12H25N3O4Pt. The van der Waals surface area contributed by atoms with Crippen molar-refractivity contribution in [1.29, 1.82) is 0 Å². The molecule has 0 radical (unpaired) electrons. The standard InChI is InChI=1S/C12H25N3O4.Pt/c1-4-15(5-2)8-9(3)6-7-10(11(16)18-13)12(17)19-14;/h9-10H,4-8,13-14H2,1-3H3;. The molecule has 0 fully saturated rings. The summed E-state index contributed by atoms with van der Waals surface area (Å²) in [5.74, 6) is 7.25. The fourth-order valence-electron chi connectivity index (χ4n) is 1.96. The summed E-state index contributed by atoms with van der Waals surface area (Å²) in [5.41, 5.74) is 0. The minimum Gasteiger partial charge on any atom is -0.373 e. The molecule has 7 nitrogen and oxygen atoms in total. The second-order valence-corrected chi connectivity index (χ2v) is 4.59. The van der Waals surface area contributed by atoms with Gasteiger partial charge in [-0.15, -0.1) is 0 Å². The number of carbonyl (C=O) groups excluding carboxylic acids is 2. The van der Waals surface area contributed by atoms with Gasteiger partial charge in [-0.05, 0) is 31.8 Å². The van der Waals surface area contributed by atoms with E-state index in [4.69, 9.17) is 11.8 Å². The first-order valence-electron chi connectivity index (χ1n) is 6.53. The maximum absolute atomic E-state index is 11.3. The third kappa shape index (κ3) is 7.94. The molecule has 0 saturated carbocycles. The minimum atomic E-state index is -1.05. The monoisotopic (exact) mass is 470 g/mol. The number of hydrogen-bond acceptors (Lipinski definition) is 7. The zero-order valence-corrected chi connectivity index (χ0v) is 14.5. The molecule has 1 unspecified atom stereocenters. The first-order valence-corrected chi connectivity index (χ1v) is 6.53. The van der Waals surface area contributed by atoms with E-state index in [2.05, 4.69) is 35.3 Å². The Labute approximate surface area is 134 Å². The third-order valence-corrected chi connectivity index (χ3v) is 3.21. The quantitative estimate of drug-likeness (QED) is 0.366. The van der Waals surface area contributed by atoms with Crippen molar-refractivity contribution < 1.29 is 40.3 Å². The van der Waals surface area contributed by atoms with Crippen LogP contribution in [-0.2, 0) is 40.3 Å². The average molecular weight is 470 g/mol. The van der Waals surface area contributed by atoms with Crippen LogP contribution in [0, 0.1) is 11.8 Å². The Kier molecular flexibility index (Phi) is 13.4. The molecule has 0 saturated heterocycles. The van der Waals surface area contributed by atoms with Gasteiger partial charge in [0.2, 0.25) is 0 Å². The number of nitrogens with two attached hydrogens (primary N) is 2. The third-order valence-electron chi connectivity index (χ3n) is 3.21. The molecule has 8 heteroatoms. The van der Waals surface area contributed by atoms with Crippen LogP contribution in [0.4, 0.5) is 0 Å². The van der Waals surface area contributed by atoms with Gasteiger partial charge in [0, 0.05) is 27.6 Å². The molecule has 0 aliphatic carbocycles. The van der Waals surface area contributed by atoms with E-state index in [-0.39, 0.29) is 21.1 Å². The van der Waals surface area contributed by atoms with E-state index in [0.717, 1.165) is 19.6 Å². The topological polar surface area (TPSA) is 108 Å². The molecule has 0 spiro atoms. The Morgan fingerprint density at radius 3 is 1.85 bits per heavy atom. The van der Waals surface area contributed by atoms with Crippen molar-refractivity contribution in [2.75, 3.05) is 19.6 Å². The van der Waals surface area contributed by atoms with Crippen molar-refractivity contribution in [1.82, 2.24) is 4.90 Å². The van der Waals surface area contributed by atoms with E-state index in [9.17, 15) is 9.59 Å². The first kappa shape index (κ1) is 21.8. The summed E-state index contributed by atoms with van der Waals surface area (Å²) in [5, 5.41) is 0. The SMILES string of the molecule is CCN(CC)CC(C)CCC(C(=O)ON)C(=O)ON.[Pt]. The number of rotatable bonds is 9. The van der Waals surface area contributed by atoms with Gasteiger partial charge in [-0.2, -0.15) is 11.8 Å². The zero-order chi connectivity index (χ0) is 14.8. The Morgan fingerprint density at radius 1 is 1.05 bits per heavy atom. The van der Waals surface area contributed by atoms with Crippen molar-refractivity contribution >= 4 is 11.9 Å². The van der Waals surface area contributed by atoms with Crippen molar-refractivity contribution in [3.8, 4) is 0 Å². The van der Waals surface area contributed by atoms with Crippen LogP contribution in [0.25, 0.3) is 0 Å². The predicted octanol–water partition coefficient (Wildman–Crippen LogP) is 0.192. The number of hydrogen-bond donors (Lipinski definition) is 2. The smallest absolute Gasteiger partial charge is 0.338 e. The van der Waals surface area contributed by atoms with Crippen LogP contribution in [0.1, 0.15) is 33.6 Å².